The third-order valence-corrected chi connectivity index (χ3v) is 17.5. The van der Waals surface area contributed by atoms with Crippen LogP contribution in [0, 0.1) is 0 Å². The van der Waals surface area contributed by atoms with Crippen molar-refractivity contribution in [1.29, 1.82) is 0 Å². The number of carbonyl (C=O) groups is 1. The molecule has 17 atom stereocenters. The molecular weight excluding hydrogens is 1110 g/mol. The standard InChI is InChI=1S/C67H125NO18/c1-3-5-7-9-11-13-15-17-18-19-20-21-22-23-24-25-26-27-28-29-30-31-32-33-34-36-38-40-42-44-51(72)50(68-55(73)45-43-41-39-37-35-16-14-12-10-8-6-4-2)49-81-65-61(79)58(76)63(53(47-70)83-65)86-67-62(80)59(77)64(54(48-71)84-67)85-66-60(78)57(75)56(74)52(46-69)82-66/h34,36,42,44,50-54,56-67,69-72,74-80H,3-33,35,37-41,43,45-49H2,1-2H3,(H,68,73)/b36-34+,44-42+. The zero-order valence-corrected chi connectivity index (χ0v) is 53.3. The van der Waals surface area contributed by atoms with Crippen molar-refractivity contribution < 1.29 is 89.4 Å². The Morgan fingerprint density at radius 2 is 0.744 bits per heavy atom. The fourth-order valence-electron chi connectivity index (χ4n) is 11.9. The summed E-state index contributed by atoms with van der Waals surface area (Å²) in [5.41, 5.74) is 0. The third kappa shape index (κ3) is 32.0. The Labute approximate surface area is 518 Å². The van der Waals surface area contributed by atoms with Gasteiger partial charge in [-0.3, -0.25) is 4.79 Å². The van der Waals surface area contributed by atoms with Gasteiger partial charge in [-0.15, -0.1) is 0 Å². The van der Waals surface area contributed by atoms with Gasteiger partial charge in [0.1, 0.15) is 73.2 Å². The van der Waals surface area contributed by atoms with Gasteiger partial charge in [-0.2, -0.15) is 0 Å². The van der Waals surface area contributed by atoms with Gasteiger partial charge in [0, 0.05) is 6.42 Å². The molecule has 0 bridgehead atoms. The van der Waals surface area contributed by atoms with Crippen LogP contribution >= 0.6 is 0 Å². The molecule has 0 aliphatic carbocycles. The first-order valence-electron chi connectivity index (χ1n) is 34.6. The normalized spacial score (nSPS) is 28.9. The van der Waals surface area contributed by atoms with Crippen molar-refractivity contribution in [2.45, 2.75) is 369 Å². The average molecular weight is 1230 g/mol. The van der Waals surface area contributed by atoms with E-state index in [4.69, 9.17) is 28.4 Å². The molecule has 0 saturated carbocycles. The Balaban J connectivity index is 1.41. The number of ether oxygens (including phenoxy) is 6. The largest absolute Gasteiger partial charge is 0.394 e. The number of carbonyl (C=O) groups excluding carboxylic acids is 1. The van der Waals surface area contributed by atoms with Crippen LogP contribution in [0.25, 0.3) is 0 Å². The molecule has 0 aromatic heterocycles. The maximum absolute atomic E-state index is 13.3. The van der Waals surface area contributed by atoms with Crippen molar-refractivity contribution in [2.75, 3.05) is 26.4 Å². The molecule has 17 unspecified atom stereocenters. The van der Waals surface area contributed by atoms with E-state index < -0.39 is 124 Å². The predicted molar refractivity (Wildman–Crippen MR) is 333 cm³/mol. The van der Waals surface area contributed by atoms with Crippen LogP contribution in [0.2, 0.25) is 0 Å². The fourth-order valence-corrected chi connectivity index (χ4v) is 11.9. The molecule has 3 fully saturated rings. The number of aliphatic hydroxyl groups is 11. The smallest absolute Gasteiger partial charge is 0.220 e. The van der Waals surface area contributed by atoms with Crippen LogP contribution in [-0.4, -0.2) is 193 Å². The molecule has 19 heteroatoms. The lowest BCUT2D eigenvalue weighted by molar-refractivity contribution is -0.379. The minimum Gasteiger partial charge on any atom is -0.394 e. The van der Waals surface area contributed by atoms with E-state index in [0.29, 0.717) is 12.8 Å². The van der Waals surface area contributed by atoms with E-state index in [1.54, 1.807) is 6.08 Å². The number of unbranched alkanes of at least 4 members (excludes halogenated alkanes) is 35. The van der Waals surface area contributed by atoms with Gasteiger partial charge in [0.15, 0.2) is 18.9 Å². The summed E-state index contributed by atoms with van der Waals surface area (Å²) < 4.78 is 34.3. The molecule has 0 aromatic rings. The van der Waals surface area contributed by atoms with Crippen molar-refractivity contribution in [1.82, 2.24) is 5.32 Å². The van der Waals surface area contributed by atoms with Crippen molar-refractivity contribution in [3.05, 3.63) is 24.3 Å². The zero-order valence-electron chi connectivity index (χ0n) is 53.3. The second kappa shape index (κ2) is 49.9. The molecule has 506 valence electrons. The third-order valence-electron chi connectivity index (χ3n) is 17.5. The molecule has 3 aliphatic rings. The first kappa shape index (κ1) is 78.5. The molecule has 86 heavy (non-hydrogen) atoms. The number of allylic oxidation sites excluding steroid dienone is 3. The van der Waals surface area contributed by atoms with E-state index in [-0.39, 0.29) is 18.9 Å². The minimum atomic E-state index is -1.98. The van der Waals surface area contributed by atoms with Gasteiger partial charge in [-0.1, -0.05) is 250 Å². The maximum Gasteiger partial charge on any atom is 0.220 e. The van der Waals surface area contributed by atoms with Gasteiger partial charge >= 0.3 is 0 Å². The Hall–Kier alpha value is -1.73. The summed E-state index contributed by atoms with van der Waals surface area (Å²) in [6, 6.07) is -0.985. The van der Waals surface area contributed by atoms with Crippen molar-refractivity contribution in [2.24, 2.45) is 0 Å². The molecule has 3 rings (SSSR count). The van der Waals surface area contributed by atoms with Gasteiger partial charge in [-0.25, -0.2) is 0 Å². The van der Waals surface area contributed by atoms with E-state index in [1.165, 1.54) is 193 Å². The highest BCUT2D eigenvalue weighted by Crippen LogP contribution is 2.33. The van der Waals surface area contributed by atoms with Crippen LogP contribution in [0.15, 0.2) is 24.3 Å². The highest BCUT2D eigenvalue weighted by atomic mass is 16.8. The van der Waals surface area contributed by atoms with Crippen LogP contribution in [-0.2, 0) is 33.2 Å². The number of rotatable bonds is 53. The highest BCUT2D eigenvalue weighted by Gasteiger charge is 2.53. The first-order valence-corrected chi connectivity index (χ1v) is 34.6. The van der Waals surface area contributed by atoms with E-state index >= 15 is 0 Å². The quantitative estimate of drug-likeness (QED) is 0.0200. The van der Waals surface area contributed by atoms with Crippen molar-refractivity contribution in [3.8, 4) is 0 Å². The summed E-state index contributed by atoms with van der Waals surface area (Å²) in [6.45, 7) is 1.72. The van der Waals surface area contributed by atoms with Gasteiger partial charge in [0.2, 0.25) is 5.91 Å². The SMILES string of the molecule is CCCCCCCCCCCCCCCCCCCCCCCCC/C=C/CC/C=C/C(O)C(COC1OC(CO)C(OC2OC(CO)C(OC3OC(CO)C(O)C(O)C3O)C(O)C2O)C(O)C1O)NC(=O)CCCCCCCCCCCCCC. The maximum atomic E-state index is 13.3. The molecule has 12 N–H and O–H groups in total. The Morgan fingerprint density at radius 1 is 0.407 bits per heavy atom. The van der Waals surface area contributed by atoms with Crippen molar-refractivity contribution >= 4 is 5.91 Å². The summed E-state index contributed by atoms with van der Waals surface area (Å²) in [7, 11) is 0. The number of aliphatic hydroxyl groups excluding tert-OH is 11. The summed E-state index contributed by atoms with van der Waals surface area (Å²) in [5, 5.41) is 120. The van der Waals surface area contributed by atoms with Crippen LogP contribution in [0.5, 0.6) is 0 Å². The zero-order chi connectivity index (χ0) is 62.6. The number of amides is 1. The van der Waals surface area contributed by atoms with Gasteiger partial charge in [-0.05, 0) is 32.1 Å². The molecule has 0 spiro atoms. The monoisotopic (exact) mass is 1230 g/mol. The van der Waals surface area contributed by atoms with E-state index in [9.17, 15) is 61.0 Å². The summed E-state index contributed by atoms with van der Waals surface area (Å²) in [6.07, 6.45) is 29.0. The van der Waals surface area contributed by atoms with Gasteiger partial charge in [0.25, 0.3) is 0 Å². The lowest BCUT2D eigenvalue weighted by atomic mass is 9.96. The van der Waals surface area contributed by atoms with Crippen LogP contribution < -0.4 is 5.32 Å². The second-order valence-electron chi connectivity index (χ2n) is 25.0. The van der Waals surface area contributed by atoms with Gasteiger partial charge in [0.05, 0.1) is 38.6 Å². The molecule has 1 amide bonds. The molecule has 3 aliphatic heterocycles. The van der Waals surface area contributed by atoms with Crippen LogP contribution in [0.1, 0.15) is 264 Å². The summed E-state index contributed by atoms with van der Waals surface area (Å²) >= 11 is 0. The Bertz CT molecular complexity index is 1660. The van der Waals surface area contributed by atoms with E-state index in [0.717, 1.165) is 38.5 Å². The van der Waals surface area contributed by atoms with Crippen LogP contribution in [0.4, 0.5) is 0 Å². The average Bonchev–Trinajstić information content (AvgIpc) is 1.85. The summed E-state index contributed by atoms with van der Waals surface area (Å²) in [4.78, 5) is 13.3. The Kier molecular flexibility index (Phi) is 45.6. The fraction of sp³-hybridized carbons (Fsp3) is 0.925. The molecular formula is C67H125NO18. The molecule has 3 heterocycles. The molecule has 0 aromatic carbocycles. The minimum absolute atomic E-state index is 0.239. The molecule has 3 saturated heterocycles. The predicted octanol–water partition coefficient (Wildman–Crippen LogP) is 8.66. The highest BCUT2D eigenvalue weighted by molar-refractivity contribution is 5.76. The molecule has 19 nitrogen and oxygen atoms in total. The number of hydrogen-bond donors (Lipinski definition) is 12. The van der Waals surface area contributed by atoms with Crippen molar-refractivity contribution in [3.63, 3.8) is 0 Å². The molecule has 0 radical (unpaired) electrons. The van der Waals surface area contributed by atoms with E-state index in [1.807, 2.05) is 6.08 Å². The lowest BCUT2D eigenvalue weighted by Gasteiger charge is -2.48. The number of nitrogens with one attached hydrogen (secondary N) is 1. The second-order valence-corrected chi connectivity index (χ2v) is 25.0. The summed E-state index contributed by atoms with van der Waals surface area (Å²) in [5.74, 6) is -0.284. The Morgan fingerprint density at radius 3 is 1.16 bits per heavy atom. The van der Waals surface area contributed by atoms with Gasteiger partial charge < -0.3 is 89.9 Å². The van der Waals surface area contributed by atoms with Crippen LogP contribution in [0.3, 0.4) is 0 Å². The lowest BCUT2D eigenvalue weighted by Crippen LogP contribution is -2.66. The number of hydrogen-bond acceptors (Lipinski definition) is 18. The first-order chi connectivity index (χ1) is 41.8. The topological polar surface area (TPSA) is 307 Å². The van der Waals surface area contributed by atoms with E-state index in [2.05, 4.69) is 31.3 Å².